The molecule has 1 spiro atoms. The lowest BCUT2D eigenvalue weighted by molar-refractivity contribution is -0.163. The van der Waals surface area contributed by atoms with E-state index in [9.17, 15) is 14.4 Å². The summed E-state index contributed by atoms with van der Waals surface area (Å²) in [5.74, 6) is -0.878. The van der Waals surface area contributed by atoms with Gasteiger partial charge in [-0.2, -0.15) is 0 Å². The molecule has 0 saturated heterocycles. The van der Waals surface area contributed by atoms with E-state index < -0.39 is 23.3 Å². The average Bonchev–Trinajstić information content (AvgIpc) is 2.90. The quantitative estimate of drug-likeness (QED) is 0.697. The molecule has 1 atom stereocenters. The number of esters is 1. The summed E-state index contributed by atoms with van der Waals surface area (Å²) < 4.78 is 11.2. The molecule has 7 nitrogen and oxygen atoms in total. The van der Waals surface area contributed by atoms with E-state index in [0.717, 1.165) is 5.69 Å². The Balaban J connectivity index is 1.73. The Kier molecular flexibility index (Phi) is 5.07. The highest BCUT2D eigenvalue weighted by Crippen LogP contribution is 2.50. The average molecular weight is 434 g/mol. The molecule has 7 heteroatoms. The Hall–Kier alpha value is -3.61. The van der Waals surface area contributed by atoms with Crippen molar-refractivity contribution in [3.8, 4) is 0 Å². The van der Waals surface area contributed by atoms with Crippen molar-refractivity contribution in [3.63, 3.8) is 0 Å². The van der Waals surface area contributed by atoms with E-state index in [4.69, 9.17) is 9.47 Å². The van der Waals surface area contributed by atoms with E-state index in [1.54, 1.807) is 52.1 Å². The number of fused-ring (bicyclic) bond motifs is 2. The smallest absolute Gasteiger partial charge is 0.412 e. The molecular weight excluding hydrogens is 408 g/mol. The van der Waals surface area contributed by atoms with Crippen molar-refractivity contribution in [3.05, 3.63) is 65.2 Å². The van der Waals surface area contributed by atoms with E-state index in [-0.39, 0.29) is 12.3 Å². The Labute approximate surface area is 187 Å². The van der Waals surface area contributed by atoms with E-state index >= 15 is 0 Å². The summed E-state index contributed by atoms with van der Waals surface area (Å²) in [6, 6.07) is 14.3. The Morgan fingerprint density at radius 3 is 2.44 bits per heavy atom. The number of carbonyl (C=O) groups excluding carboxylic acids is 3. The van der Waals surface area contributed by atoms with Crippen LogP contribution in [-0.2, 0) is 24.7 Å². The summed E-state index contributed by atoms with van der Waals surface area (Å²) in [7, 11) is 1.68. The predicted molar refractivity (Wildman–Crippen MR) is 121 cm³/mol. The Morgan fingerprint density at radius 1 is 1.09 bits per heavy atom. The molecule has 0 fully saturated rings. The first kappa shape index (κ1) is 21.6. The van der Waals surface area contributed by atoms with E-state index in [2.05, 4.69) is 5.32 Å². The maximum absolute atomic E-state index is 13.3. The first-order valence-corrected chi connectivity index (χ1v) is 10.4. The summed E-state index contributed by atoms with van der Waals surface area (Å²) in [5.41, 5.74) is 1.37. The number of nitrogens with zero attached hydrogens (tertiary/aromatic N) is 1. The van der Waals surface area contributed by atoms with Crippen LogP contribution in [0.15, 0.2) is 54.1 Å². The van der Waals surface area contributed by atoms with Crippen molar-refractivity contribution in [2.75, 3.05) is 17.3 Å². The van der Waals surface area contributed by atoms with Crippen LogP contribution in [0.5, 0.6) is 0 Å². The zero-order valence-electron chi connectivity index (χ0n) is 18.8. The maximum Gasteiger partial charge on any atom is 0.412 e. The summed E-state index contributed by atoms with van der Waals surface area (Å²) >= 11 is 0. The molecule has 166 valence electrons. The zero-order chi connectivity index (χ0) is 23.3. The molecule has 2 aromatic carbocycles. The number of rotatable bonds is 2. The summed E-state index contributed by atoms with van der Waals surface area (Å²) in [6.07, 6.45) is -0.389. The normalized spacial score (nSPS) is 20.3. The molecule has 0 aliphatic carbocycles. The second kappa shape index (κ2) is 7.51. The highest BCUT2D eigenvalue weighted by atomic mass is 16.6. The van der Waals surface area contributed by atoms with Gasteiger partial charge in [-0.1, -0.05) is 42.0 Å². The van der Waals surface area contributed by atoms with Crippen molar-refractivity contribution in [2.45, 2.75) is 45.3 Å². The van der Waals surface area contributed by atoms with Gasteiger partial charge in [0.25, 0.3) is 5.91 Å². The molecule has 2 amide bonds. The molecule has 2 heterocycles. The fraction of sp³-hybridized carbons (Fsp3) is 0.320. The SMILES string of the molecule is CC1=C(c2ccccc2NC(=O)OC(C)(C)C)C(=O)O[C@]2(C1)C(=O)N(C)c1ccccc12. The number of hydrogen-bond acceptors (Lipinski definition) is 5. The van der Waals surface area contributed by atoms with Crippen LogP contribution in [0.1, 0.15) is 45.2 Å². The van der Waals surface area contributed by atoms with Crippen LogP contribution in [-0.4, -0.2) is 30.6 Å². The fourth-order valence-corrected chi connectivity index (χ4v) is 4.32. The lowest BCUT2D eigenvalue weighted by Gasteiger charge is -2.34. The Bertz CT molecular complexity index is 1160. The van der Waals surface area contributed by atoms with Gasteiger partial charge in [-0.05, 0) is 39.8 Å². The predicted octanol–water partition coefficient (Wildman–Crippen LogP) is 4.63. The van der Waals surface area contributed by atoms with Crippen LogP contribution in [0.2, 0.25) is 0 Å². The molecule has 0 aromatic heterocycles. The number of nitrogens with one attached hydrogen (secondary N) is 1. The number of amides is 2. The largest absolute Gasteiger partial charge is 0.444 e. The first-order chi connectivity index (χ1) is 15.0. The maximum atomic E-state index is 13.3. The van der Waals surface area contributed by atoms with Crippen LogP contribution in [0.25, 0.3) is 5.57 Å². The first-order valence-electron chi connectivity index (χ1n) is 10.4. The molecule has 2 aromatic rings. The number of benzene rings is 2. The second-order valence-electron chi connectivity index (χ2n) is 9.10. The van der Waals surface area contributed by atoms with Crippen LogP contribution >= 0.6 is 0 Å². The zero-order valence-corrected chi connectivity index (χ0v) is 18.8. The number of hydrogen-bond donors (Lipinski definition) is 1. The molecule has 0 unspecified atom stereocenters. The van der Waals surface area contributed by atoms with Crippen molar-refractivity contribution in [2.24, 2.45) is 0 Å². The van der Waals surface area contributed by atoms with Crippen molar-refractivity contribution < 1.29 is 23.9 Å². The van der Waals surface area contributed by atoms with Gasteiger partial charge in [0.2, 0.25) is 5.60 Å². The summed E-state index contributed by atoms with van der Waals surface area (Å²) in [6.45, 7) is 7.14. The van der Waals surface area contributed by atoms with Crippen LogP contribution < -0.4 is 10.2 Å². The molecule has 32 heavy (non-hydrogen) atoms. The van der Waals surface area contributed by atoms with Crippen molar-refractivity contribution in [1.29, 1.82) is 0 Å². The number of para-hydroxylation sites is 2. The molecular formula is C25H26N2O5. The molecule has 2 aliphatic heterocycles. The van der Waals surface area contributed by atoms with Gasteiger partial charge >= 0.3 is 12.1 Å². The van der Waals surface area contributed by atoms with Crippen molar-refractivity contribution >= 4 is 34.9 Å². The lowest BCUT2D eigenvalue weighted by Crippen LogP contribution is -2.45. The molecule has 0 bridgehead atoms. The fourth-order valence-electron chi connectivity index (χ4n) is 4.32. The number of carbonyl (C=O) groups is 3. The molecule has 0 saturated carbocycles. The standard InChI is InChI=1S/C25H26N2O5/c1-15-14-25(17-11-7-9-13-19(17)27(5)22(25)29)31-21(28)20(15)16-10-6-8-12-18(16)26-23(30)32-24(2,3)4/h6-13H,14H2,1-5H3,(H,26,30)/t25-/m0/s1. The summed E-state index contributed by atoms with van der Waals surface area (Å²) in [4.78, 5) is 40.3. The second-order valence-corrected chi connectivity index (χ2v) is 9.10. The number of ether oxygens (including phenoxy) is 2. The third-order valence-electron chi connectivity index (χ3n) is 5.59. The summed E-state index contributed by atoms with van der Waals surface area (Å²) in [5, 5.41) is 2.72. The van der Waals surface area contributed by atoms with Crippen LogP contribution in [0.3, 0.4) is 0 Å². The van der Waals surface area contributed by atoms with Gasteiger partial charge in [-0.25, -0.2) is 9.59 Å². The minimum absolute atomic E-state index is 0.231. The highest BCUT2D eigenvalue weighted by Gasteiger charge is 2.55. The van der Waals surface area contributed by atoms with Crippen molar-refractivity contribution in [1.82, 2.24) is 0 Å². The van der Waals surface area contributed by atoms with Gasteiger partial charge in [-0.3, -0.25) is 10.1 Å². The van der Waals surface area contributed by atoms with Gasteiger partial charge in [0.15, 0.2) is 0 Å². The van der Waals surface area contributed by atoms with Gasteiger partial charge in [0.05, 0.1) is 16.9 Å². The minimum atomic E-state index is -1.37. The van der Waals surface area contributed by atoms with E-state index in [0.29, 0.717) is 28.0 Å². The molecule has 2 aliphatic rings. The Morgan fingerprint density at radius 2 is 1.75 bits per heavy atom. The molecule has 0 radical (unpaired) electrons. The minimum Gasteiger partial charge on any atom is -0.444 e. The van der Waals surface area contributed by atoms with Gasteiger partial charge < -0.3 is 14.4 Å². The monoisotopic (exact) mass is 434 g/mol. The van der Waals surface area contributed by atoms with Crippen LogP contribution in [0, 0.1) is 0 Å². The third-order valence-corrected chi connectivity index (χ3v) is 5.59. The van der Waals surface area contributed by atoms with E-state index in [1.807, 2.05) is 31.2 Å². The van der Waals surface area contributed by atoms with Gasteiger partial charge in [0.1, 0.15) is 5.60 Å². The van der Waals surface area contributed by atoms with Gasteiger partial charge in [0, 0.05) is 24.6 Å². The van der Waals surface area contributed by atoms with Gasteiger partial charge in [-0.15, -0.1) is 0 Å². The lowest BCUT2D eigenvalue weighted by atomic mass is 9.83. The molecule has 4 rings (SSSR count). The third kappa shape index (κ3) is 3.53. The topological polar surface area (TPSA) is 84.9 Å². The van der Waals surface area contributed by atoms with Crippen LogP contribution in [0.4, 0.5) is 16.2 Å². The number of likely N-dealkylation sites (N-methyl/N-ethyl adjacent to an activating group) is 1. The number of anilines is 2. The molecule has 1 N–H and O–H groups in total. The van der Waals surface area contributed by atoms with E-state index in [1.165, 1.54) is 4.90 Å². The highest BCUT2D eigenvalue weighted by molar-refractivity contribution is 6.22.